The van der Waals surface area contributed by atoms with Gasteiger partial charge in [-0.25, -0.2) is 4.79 Å². The molecular formula is C25H26NO2+. The molecule has 1 N–H and O–H groups in total. The zero-order valence-corrected chi connectivity index (χ0v) is 16.6. The number of aromatic carboxylic acids is 1. The van der Waals surface area contributed by atoms with Gasteiger partial charge in [0.05, 0.1) is 5.56 Å². The summed E-state index contributed by atoms with van der Waals surface area (Å²) in [6, 6.07) is 21.8. The summed E-state index contributed by atoms with van der Waals surface area (Å²) in [5.74, 6) is -0.904. The van der Waals surface area contributed by atoms with Crippen molar-refractivity contribution in [3.8, 4) is 0 Å². The summed E-state index contributed by atoms with van der Waals surface area (Å²) in [6.45, 7) is 7.25. The molecule has 142 valence electrons. The van der Waals surface area contributed by atoms with Crippen LogP contribution in [0.1, 0.15) is 53.5 Å². The van der Waals surface area contributed by atoms with Gasteiger partial charge in [0, 0.05) is 23.8 Å². The molecule has 0 aliphatic carbocycles. The van der Waals surface area contributed by atoms with Gasteiger partial charge in [0.1, 0.15) is 0 Å². The van der Waals surface area contributed by atoms with Crippen molar-refractivity contribution in [1.29, 1.82) is 0 Å². The molecule has 0 spiro atoms. The van der Waals surface area contributed by atoms with Gasteiger partial charge in [-0.2, -0.15) is 4.57 Å². The van der Waals surface area contributed by atoms with Crippen LogP contribution in [-0.4, -0.2) is 11.1 Å². The Hall–Kier alpha value is -3.20. The van der Waals surface area contributed by atoms with Crippen molar-refractivity contribution >= 4 is 18.1 Å². The zero-order chi connectivity index (χ0) is 20.1. The van der Waals surface area contributed by atoms with E-state index in [0.717, 1.165) is 16.8 Å². The molecule has 28 heavy (non-hydrogen) atoms. The smallest absolute Gasteiger partial charge is 0.335 e. The van der Waals surface area contributed by atoms with Crippen LogP contribution < -0.4 is 4.57 Å². The van der Waals surface area contributed by atoms with Crippen LogP contribution in [0, 0.1) is 0 Å². The monoisotopic (exact) mass is 372 g/mol. The quantitative estimate of drug-likeness (QED) is 0.626. The van der Waals surface area contributed by atoms with Gasteiger partial charge in [0.15, 0.2) is 12.7 Å². The third kappa shape index (κ3) is 4.95. The van der Waals surface area contributed by atoms with Crippen LogP contribution in [0.5, 0.6) is 0 Å². The fourth-order valence-electron chi connectivity index (χ4n) is 3.06. The van der Waals surface area contributed by atoms with Crippen LogP contribution in [0.2, 0.25) is 0 Å². The van der Waals surface area contributed by atoms with Gasteiger partial charge in [-0.3, -0.25) is 0 Å². The Morgan fingerprint density at radius 3 is 2.39 bits per heavy atom. The summed E-state index contributed by atoms with van der Waals surface area (Å²) in [6.07, 6.45) is 6.20. The summed E-state index contributed by atoms with van der Waals surface area (Å²) >= 11 is 0. The van der Waals surface area contributed by atoms with Crippen LogP contribution in [-0.2, 0) is 12.0 Å². The summed E-state index contributed by atoms with van der Waals surface area (Å²) < 4.78 is 2.11. The van der Waals surface area contributed by atoms with Crippen molar-refractivity contribution < 1.29 is 14.5 Å². The minimum Gasteiger partial charge on any atom is -0.478 e. The number of benzene rings is 2. The first-order chi connectivity index (χ1) is 13.3. The molecule has 0 saturated carbocycles. The van der Waals surface area contributed by atoms with Crippen molar-refractivity contribution in [3.05, 3.63) is 101 Å². The number of nitrogens with zero attached hydrogens (tertiary/aromatic N) is 1. The van der Waals surface area contributed by atoms with Gasteiger partial charge < -0.3 is 5.11 Å². The van der Waals surface area contributed by atoms with Crippen LogP contribution in [0.15, 0.2) is 72.9 Å². The highest BCUT2D eigenvalue weighted by molar-refractivity contribution is 5.87. The molecule has 0 fully saturated rings. The maximum absolute atomic E-state index is 11.2. The Bertz CT molecular complexity index is 996. The number of hydrogen-bond acceptors (Lipinski definition) is 1. The third-order valence-electron chi connectivity index (χ3n) is 4.73. The fraction of sp³-hybridized carbons (Fsp3) is 0.200. The minimum absolute atomic E-state index is 0.148. The van der Waals surface area contributed by atoms with Gasteiger partial charge in [-0.15, -0.1) is 0 Å². The topological polar surface area (TPSA) is 41.2 Å². The number of aromatic nitrogens is 1. The van der Waals surface area contributed by atoms with Crippen molar-refractivity contribution in [3.63, 3.8) is 0 Å². The molecule has 0 saturated heterocycles. The average Bonchev–Trinajstić information content (AvgIpc) is 2.67. The van der Waals surface area contributed by atoms with Gasteiger partial charge >= 0.3 is 5.97 Å². The molecule has 0 unspecified atom stereocenters. The van der Waals surface area contributed by atoms with Crippen LogP contribution in [0.25, 0.3) is 12.2 Å². The van der Waals surface area contributed by atoms with Crippen molar-refractivity contribution in [2.24, 2.45) is 0 Å². The molecule has 1 aromatic heterocycles. The van der Waals surface area contributed by atoms with E-state index in [2.05, 4.69) is 67.8 Å². The van der Waals surface area contributed by atoms with Gasteiger partial charge in [-0.1, -0.05) is 57.2 Å². The van der Waals surface area contributed by atoms with Crippen molar-refractivity contribution in [2.75, 3.05) is 0 Å². The maximum atomic E-state index is 11.2. The molecular weight excluding hydrogens is 346 g/mol. The minimum atomic E-state index is -0.904. The first-order valence-electron chi connectivity index (χ1n) is 9.42. The molecule has 3 rings (SSSR count). The highest BCUT2D eigenvalue weighted by atomic mass is 16.4. The molecule has 0 aliphatic rings. The second kappa shape index (κ2) is 8.22. The Labute approximate surface area is 166 Å². The predicted molar refractivity (Wildman–Crippen MR) is 113 cm³/mol. The largest absolute Gasteiger partial charge is 0.478 e. The molecule has 0 atom stereocenters. The second-order valence-corrected chi connectivity index (χ2v) is 7.96. The summed E-state index contributed by atoms with van der Waals surface area (Å²) in [4.78, 5) is 11.2. The van der Waals surface area contributed by atoms with E-state index in [0.29, 0.717) is 12.1 Å². The van der Waals surface area contributed by atoms with E-state index in [-0.39, 0.29) is 5.41 Å². The molecule has 0 bridgehead atoms. The van der Waals surface area contributed by atoms with E-state index >= 15 is 0 Å². The van der Waals surface area contributed by atoms with Gasteiger partial charge in [-0.05, 0) is 40.8 Å². The highest BCUT2D eigenvalue weighted by Gasteiger charge is 2.13. The Balaban J connectivity index is 1.81. The van der Waals surface area contributed by atoms with E-state index in [9.17, 15) is 9.90 Å². The molecule has 3 heteroatoms. The standard InChI is InChI=1S/C25H25NO2/c1-25(2,3)22-13-10-19(11-14-22)12-15-23-9-4-5-16-26(23)18-20-7-6-8-21(17-20)24(27)28/h4-17H,18H2,1-3H3/p+1/b15-12+. The molecule has 0 radical (unpaired) electrons. The predicted octanol–water partition coefficient (Wildman–Crippen LogP) is 5.19. The number of carbonyl (C=O) groups is 1. The van der Waals surface area contributed by atoms with E-state index in [1.165, 1.54) is 5.56 Å². The lowest BCUT2D eigenvalue weighted by Crippen LogP contribution is -2.37. The van der Waals surface area contributed by atoms with Crippen molar-refractivity contribution in [2.45, 2.75) is 32.7 Å². The number of pyridine rings is 1. The van der Waals surface area contributed by atoms with Crippen molar-refractivity contribution in [1.82, 2.24) is 0 Å². The first-order valence-corrected chi connectivity index (χ1v) is 9.42. The molecule has 0 amide bonds. The lowest BCUT2D eigenvalue weighted by atomic mass is 9.87. The van der Waals surface area contributed by atoms with Gasteiger partial charge in [0.25, 0.3) is 0 Å². The maximum Gasteiger partial charge on any atom is 0.335 e. The Kier molecular flexibility index (Phi) is 5.74. The second-order valence-electron chi connectivity index (χ2n) is 7.96. The third-order valence-corrected chi connectivity index (χ3v) is 4.73. The molecule has 1 heterocycles. The van der Waals surface area contributed by atoms with E-state index in [4.69, 9.17) is 0 Å². The molecule has 0 aliphatic heterocycles. The molecule has 2 aromatic carbocycles. The van der Waals surface area contributed by atoms with E-state index in [1.807, 2.05) is 24.4 Å². The SMILES string of the molecule is CC(C)(C)c1ccc(/C=C/c2cccc[n+]2Cc2cccc(C(=O)O)c2)cc1. The zero-order valence-electron chi connectivity index (χ0n) is 16.6. The van der Waals surface area contributed by atoms with E-state index < -0.39 is 5.97 Å². The first kappa shape index (κ1) is 19.6. The highest BCUT2D eigenvalue weighted by Crippen LogP contribution is 2.22. The van der Waals surface area contributed by atoms with Crippen LogP contribution in [0.4, 0.5) is 0 Å². The fourth-order valence-corrected chi connectivity index (χ4v) is 3.06. The average molecular weight is 372 g/mol. The summed E-state index contributed by atoms with van der Waals surface area (Å²) in [5.41, 5.74) is 4.94. The number of rotatable bonds is 5. The number of carboxylic acids is 1. The number of hydrogen-bond donors (Lipinski definition) is 1. The normalized spacial score (nSPS) is 11.7. The van der Waals surface area contributed by atoms with Crippen LogP contribution >= 0.6 is 0 Å². The Morgan fingerprint density at radius 2 is 1.71 bits per heavy atom. The molecule has 3 nitrogen and oxygen atoms in total. The summed E-state index contributed by atoms with van der Waals surface area (Å²) in [5, 5.41) is 9.19. The lowest BCUT2D eigenvalue weighted by Gasteiger charge is -2.18. The van der Waals surface area contributed by atoms with Crippen LogP contribution in [0.3, 0.4) is 0 Å². The summed E-state index contributed by atoms with van der Waals surface area (Å²) in [7, 11) is 0. The van der Waals surface area contributed by atoms with E-state index in [1.54, 1.807) is 18.2 Å². The molecule has 3 aromatic rings. The Morgan fingerprint density at radius 1 is 0.964 bits per heavy atom. The lowest BCUT2D eigenvalue weighted by molar-refractivity contribution is -0.690. The number of carboxylic acid groups (broad SMARTS) is 1. The van der Waals surface area contributed by atoms with Gasteiger partial charge in [0.2, 0.25) is 5.69 Å².